The Balaban J connectivity index is 1.96. The number of carbonyl (C=O) groups is 1. The van der Waals surface area contributed by atoms with E-state index in [1.807, 2.05) is 48.8 Å². The van der Waals surface area contributed by atoms with Gasteiger partial charge in [-0.15, -0.1) is 0 Å². The van der Waals surface area contributed by atoms with E-state index in [9.17, 15) is 4.79 Å². The molecule has 96 valence electrons. The Bertz CT molecular complexity index is 526. The number of hydrogen-bond acceptors (Lipinski definition) is 3. The van der Waals surface area contributed by atoms with Crippen LogP contribution in [0.4, 0.5) is 0 Å². The predicted molar refractivity (Wildman–Crippen MR) is 69.9 cm³/mol. The lowest BCUT2D eigenvalue weighted by Crippen LogP contribution is -2.40. The molecule has 0 aliphatic rings. The number of nitrogens with two attached hydrogens (primary N) is 1. The van der Waals surface area contributed by atoms with Gasteiger partial charge >= 0.3 is 0 Å². The number of rotatable bonds is 5. The molecule has 0 atom stereocenters. The van der Waals surface area contributed by atoms with Crippen LogP contribution in [-0.4, -0.2) is 21.8 Å². The number of pyridine rings is 1. The van der Waals surface area contributed by atoms with Gasteiger partial charge in [-0.3, -0.25) is 4.79 Å². The molecule has 0 fully saturated rings. The number of nitrogens with one attached hydrogen (secondary N) is 1. The number of fused-ring (bicyclic) bond motifs is 1. The molecule has 0 saturated heterocycles. The van der Waals surface area contributed by atoms with Crippen LogP contribution >= 0.6 is 0 Å². The van der Waals surface area contributed by atoms with Gasteiger partial charge in [0.05, 0.1) is 11.1 Å². The minimum Gasteiger partial charge on any atom is -0.369 e. The Kier molecular flexibility index (Phi) is 3.34. The van der Waals surface area contributed by atoms with Gasteiger partial charge in [0, 0.05) is 25.5 Å². The van der Waals surface area contributed by atoms with E-state index in [0.717, 1.165) is 11.3 Å². The maximum atomic E-state index is 11.2. The fourth-order valence-corrected chi connectivity index (χ4v) is 1.66. The largest absolute Gasteiger partial charge is 0.369 e. The van der Waals surface area contributed by atoms with E-state index < -0.39 is 5.41 Å². The SMILES string of the molecule is CC(C)(CNCc1cn2ccccc2n1)C(N)=O. The minimum atomic E-state index is -0.543. The van der Waals surface area contributed by atoms with Gasteiger partial charge in [0.25, 0.3) is 0 Å². The van der Waals surface area contributed by atoms with Crippen molar-refractivity contribution in [2.75, 3.05) is 6.54 Å². The van der Waals surface area contributed by atoms with Gasteiger partial charge in [0.1, 0.15) is 5.65 Å². The van der Waals surface area contributed by atoms with Crippen molar-refractivity contribution >= 4 is 11.6 Å². The molecule has 0 radical (unpaired) electrons. The Hall–Kier alpha value is -1.88. The molecular weight excluding hydrogens is 228 g/mol. The Morgan fingerprint density at radius 2 is 2.28 bits per heavy atom. The number of aromatic nitrogens is 2. The number of primary amides is 1. The van der Waals surface area contributed by atoms with Gasteiger partial charge in [0.2, 0.25) is 5.91 Å². The lowest BCUT2D eigenvalue weighted by molar-refractivity contribution is -0.125. The zero-order valence-corrected chi connectivity index (χ0v) is 10.7. The van der Waals surface area contributed by atoms with E-state index in [-0.39, 0.29) is 5.91 Å². The Labute approximate surface area is 106 Å². The molecule has 2 aromatic heterocycles. The topological polar surface area (TPSA) is 72.4 Å². The highest BCUT2D eigenvalue weighted by Crippen LogP contribution is 2.12. The van der Waals surface area contributed by atoms with Crippen molar-refractivity contribution in [1.82, 2.24) is 14.7 Å². The maximum absolute atomic E-state index is 11.2. The molecule has 2 rings (SSSR count). The number of nitrogens with zero attached hydrogens (tertiary/aromatic N) is 2. The van der Waals surface area contributed by atoms with Crippen molar-refractivity contribution in [2.24, 2.45) is 11.1 Å². The number of imidazole rings is 1. The summed E-state index contributed by atoms with van der Waals surface area (Å²) in [5.41, 5.74) is 6.64. The summed E-state index contributed by atoms with van der Waals surface area (Å²) in [5.74, 6) is -0.301. The summed E-state index contributed by atoms with van der Waals surface area (Å²) in [6.07, 6.45) is 3.93. The van der Waals surface area contributed by atoms with E-state index in [4.69, 9.17) is 5.73 Å². The molecule has 5 nitrogen and oxygen atoms in total. The van der Waals surface area contributed by atoms with Crippen LogP contribution in [0.3, 0.4) is 0 Å². The average Bonchev–Trinajstić information content (AvgIpc) is 2.70. The summed E-state index contributed by atoms with van der Waals surface area (Å²) in [7, 11) is 0. The number of hydrogen-bond donors (Lipinski definition) is 2. The first kappa shape index (κ1) is 12.6. The minimum absolute atomic E-state index is 0.301. The van der Waals surface area contributed by atoms with E-state index in [1.165, 1.54) is 0 Å². The first-order valence-corrected chi connectivity index (χ1v) is 5.92. The summed E-state index contributed by atoms with van der Waals surface area (Å²) in [6.45, 7) is 4.81. The van der Waals surface area contributed by atoms with Crippen molar-refractivity contribution in [3.05, 3.63) is 36.3 Å². The monoisotopic (exact) mass is 246 g/mol. The van der Waals surface area contributed by atoms with Crippen molar-refractivity contribution in [1.29, 1.82) is 0 Å². The van der Waals surface area contributed by atoms with E-state index in [2.05, 4.69) is 10.3 Å². The molecular formula is C13H18N4O. The van der Waals surface area contributed by atoms with Crippen molar-refractivity contribution in [2.45, 2.75) is 20.4 Å². The molecule has 0 saturated carbocycles. The van der Waals surface area contributed by atoms with Gasteiger partial charge in [-0.25, -0.2) is 4.98 Å². The molecule has 5 heteroatoms. The second-order valence-corrected chi connectivity index (χ2v) is 5.05. The van der Waals surface area contributed by atoms with Gasteiger partial charge < -0.3 is 15.5 Å². The van der Waals surface area contributed by atoms with Gasteiger partial charge in [-0.1, -0.05) is 6.07 Å². The summed E-state index contributed by atoms with van der Waals surface area (Å²) >= 11 is 0. The van der Waals surface area contributed by atoms with Crippen LogP contribution in [-0.2, 0) is 11.3 Å². The summed E-state index contributed by atoms with van der Waals surface area (Å²) in [4.78, 5) is 15.6. The molecule has 0 aliphatic carbocycles. The zero-order chi connectivity index (χ0) is 13.2. The third kappa shape index (κ3) is 2.68. The maximum Gasteiger partial charge on any atom is 0.224 e. The lowest BCUT2D eigenvalue weighted by atomic mass is 9.93. The second-order valence-electron chi connectivity index (χ2n) is 5.05. The Morgan fingerprint density at radius 1 is 1.50 bits per heavy atom. The highest BCUT2D eigenvalue weighted by Gasteiger charge is 2.24. The summed E-state index contributed by atoms with van der Waals surface area (Å²) in [6, 6.07) is 5.87. The first-order chi connectivity index (χ1) is 8.49. The number of amides is 1. The molecule has 3 N–H and O–H groups in total. The van der Waals surface area contributed by atoms with Gasteiger partial charge in [0.15, 0.2) is 0 Å². The average molecular weight is 246 g/mol. The lowest BCUT2D eigenvalue weighted by Gasteiger charge is -2.20. The smallest absolute Gasteiger partial charge is 0.224 e. The van der Waals surface area contributed by atoms with Crippen LogP contribution < -0.4 is 11.1 Å². The van der Waals surface area contributed by atoms with Crippen molar-refractivity contribution < 1.29 is 4.79 Å². The van der Waals surface area contributed by atoms with Crippen molar-refractivity contribution in [3.8, 4) is 0 Å². The molecule has 0 spiro atoms. The number of carbonyl (C=O) groups excluding carboxylic acids is 1. The molecule has 2 heterocycles. The summed E-state index contributed by atoms with van der Waals surface area (Å²) in [5, 5.41) is 3.21. The molecule has 0 unspecified atom stereocenters. The fraction of sp³-hybridized carbons (Fsp3) is 0.385. The van der Waals surface area contributed by atoms with Crippen LogP contribution in [0.15, 0.2) is 30.6 Å². The van der Waals surface area contributed by atoms with Crippen LogP contribution in [0.25, 0.3) is 5.65 Å². The molecule has 18 heavy (non-hydrogen) atoms. The normalized spacial score (nSPS) is 11.9. The third-order valence-electron chi connectivity index (χ3n) is 2.95. The van der Waals surface area contributed by atoms with Crippen LogP contribution in [0.5, 0.6) is 0 Å². The van der Waals surface area contributed by atoms with Gasteiger partial charge in [-0.05, 0) is 26.0 Å². The summed E-state index contributed by atoms with van der Waals surface area (Å²) < 4.78 is 1.97. The first-order valence-electron chi connectivity index (χ1n) is 5.92. The van der Waals surface area contributed by atoms with E-state index in [0.29, 0.717) is 13.1 Å². The van der Waals surface area contributed by atoms with E-state index >= 15 is 0 Å². The molecule has 0 aliphatic heterocycles. The highest BCUT2D eigenvalue weighted by atomic mass is 16.1. The van der Waals surface area contributed by atoms with Crippen LogP contribution in [0.1, 0.15) is 19.5 Å². The quantitative estimate of drug-likeness (QED) is 0.824. The van der Waals surface area contributed by atoms with Gasteiger partial charge in [-0.2, -0.15) is 0 Å². The molecule has 2 aromatic rings. The van der Waals surface area contributed by atoms with E-state index in [1.54, 1.807) is 0 Å². The Morgan fingerprint density at radius 3 is 2.94 bits per heavy atom. The third-order valence-corrected chi connectivity index (χ3v) is 2.95. The second kappa shape index (κ2) is 4.78. The zero-order valence-electron chi connectivity index (χ0n) is 10.7. The van der Waals surface area contributed by atoms with Crippen LogP contribution in [0, 0.1) is 5.41 Å². The highest BCUT2D eigenvalue weighted by molar-refractivity contribution is 5.80. The molecule has 1 amide bonds. The van der Waals surface area contributed by atoms with Crippen molar-refractivity contribution in [3.63, 3.8) is 0 Å². The fourth-order valence-electron chi connectivity index (χ4n) is 1.66. The predicted octanol–water partition coefficient (Wildman–Crippen LogP) is 0.935. The van der Waals surface area contributed by atoms with Crippen LogP contribution in [0.2, 0.25) is 0 Å². The molecule has 0 aromatic carbocycles. The standard InChI is InChI=1S/C13H18N4O/c1-13(2,12(14)18)9-15-7-10-8-17-6-4-3-5-11(17)16-10/h3-6,8,15H,7,9H2,1-2H3,(H2,14,18). The molecule has 0 bridgehead atoms.